The molecule has 0 bridgehead atoms. The van der Waals surface area contributed by atoms with Gasteiger partial charge in [0.25, 0.3) is 0 Å². The van der Waals surface area contributed by atoms with Crippen LogP contribution in [0.5, 0.6) is 0 Å². The maximum atomic E-state index is 5.92. The second kappa shape index (κ2) is 5.68. The lowest BCUT2D eigenvalue weighted by molar-refractivity contribution is -0.0920. The molecule has 0 aliphatic carbocycles. The number of likely N-dealkylation sites (tertiary alicyclic amines) is 2. The van der Waals surface area contributed by atoms with Crippen molar-refractivity contribution in [1.29, 1.82) is 0 Å². The largest absolute Gasteiger partial charge is 0.374 e. The summed E-state index contributed by atoms with van der Waals surface area (Å²) in [5, 5.41) is 0. The highest BCUT2D eigenvalue weighted by molar-refractivity contribution is 4.89. The average Bonchev–Trinajstić information content (AvgIpc) is 2.21. The Morgan fingerprint density at radius 3 is 2.29 bits per heavy atom. The molecule has 0 radical (unpaired) electrons. The van der Waals surface area contributed by atoms with E-state index in [1.54, 1.807) is 0 Å². The van der Waals surface area contributed by atoms with Crippen LogP contribution in [0.2, 0.25) is 0 Å². The maximum Gasteiger partial charge on any atom is 0.0829 e. The van der Waals surface area contributed by atoms with E-state index in [9.17, 15) is 0 Å². The van der Waals surface area contributed by atoms with Crippen molar-refractivity contribution in [3.63, 3.8) is 0 Å². The van der Waals surface area contributed by atoms with Crippen LogP contribution in [-0.2, 0) is 4.74 Å². The molecule has 2 aliphatic heterocycles. The van der Waals surface area contributed by atoms with Gasteiger partial charge in [-0.15, -0.1) is 0 Å². The summed E-state index contributed by atoms with van der Waals surface area (Å²) in [5.41, 5.74) is 0.312. The average molecular weight is 240 g/mol. The molecule has 100 valence electrons. The molecule has 0 saturated carbocycles. The van der Waals surface area contributed by atoms with Crippen LogP contribution in [0, 0.1) is 0 Å². The summed E-state index contributed by atoms with van der Waals surface area (Å²) in [7, 11) is 0. The Morgan fingerprint density at radius 1 is 1.06 bits per heavy atom. The van der Waals surface area contributed by atoms with Crippen LogP contribution in [-0.4, -0.2) is 60.8 Å². The van der Waals surface area contributed by atoms with E-state index in [2.05, 4.69) is 30.6 Å². The van der Waals surface area contributed by atoms with E-state index in [1.165, 1.54) is 32.4 Å². The van der Waals surface area contributed by atoms with Crippen molar-refractivity contribution >= 4 is 0 Å². The van der Waals surface area contributed by atoms with Gasteiger partial charge in [0.15, 0.2) is 0 Å². The summed E-state index contributed by atoms with van der Waals surface area (Å²) in [6, 6.07) is 0. The quantitative estimate of drug-likeness (QED) is 0.747. The van der Waals surface area contributed by atoms with E-state index in [0.29, 0.717) is 11.6 Å². The first-order valence-electron chi connectivity index (χ1n) is 7.15. The topological polar surface area (TPSA) is 15.7 Å². The Hall–Kier alpha value is -0.120. The lowest BCUT2D eigenvalue weighted by atomic mass is 9.99. The Bertz CT molecular complexity index is 225. The lowest BCUT2D eigenvalue weighted by Crippen LogP contribution is -2.59. The Morgan fingerprint density at radius 2 is 1.71 bits per heavy atom. The van der Waals surface area contributed by atoms with Crippen LogP contribution in [0.3, 0.4) is 0 Å². The van der Waals surface area contributed by atoms with Crippen molar-refractivity contribution < 1.29 is 4.74 Å². The van der Waals surface area contributed by atoms with Gasteiger partial charge >= 0.3 is 0 Å². The Balaban J connectivity index is 1.53. The van der Waals surface area contributed by atoms with Crippen LogP contribution < -0.4 is 0 Å². The third kappa shape index (κ3) is 3.94. The van der Waals surface area contributed by atoms with Crippen molar-refractivity contribution in [2.45, 2.75) is 51.7 Å². The molecule has 17 heavy (non-hydrogen) atoms. The molecule has 3 nitrogen and oxygen atoms in total. The molecule has 2 rings (SSSR count). The monoisotopic (exact) mass is 240 g/mol. The summed E-state index contributed by atoms with van der Waals surface area (Å²) < 4.78 is 5.92. The molecule has 0 aromatic carbocycles. The smallest absolute Gasteiger partial charge is 0.0829 e. The molecule has 0 aromatic heterocycles. The van der Waals surface area contributed by atoms with Gasteiger partial charge in [-0.05, 0) is 46.7 Å². The third-order valence-electron chi connectivity index (χ3n) is 4.01. The van der Waals surface area contributed by atoms with Gasteiger partial charge in [-0.2, -0.15) is 0 Å². The zero-order valence-electron chi connectivity index (χ0n) is 11.7. The van der Waals surface area contributed by atoms with Crippen LogP contribution in [0.4, 0.5) is 0 Å². The second-order valence-corrected chi connectivity index (χ2v) is 6.47. The Labute approximate surface area is 106 Å². The molecule has 0 N–H and O–H groups in total. The molecule has 0 amide bonds. The fraction of sp³-hybridized carbons (Fsp3) is 1.00. The summed E-state index contributed by atoms with van der Waals surface area (Å²) in [4.78, 5) is 5.03. The van der Waals surface area contributed by atoms with Gasteiger partial charge in [0.2, 0.25) is 0 Å². The number of ether oxygens (including phenoxy) is 1. The summed E-state index contributed by atoms with van der Waals surface area (Å²) in [6.07, 6.45) is 4.65. The number of hydrogen-bond donors (Lipinski definition) is 0. The number of nitrogens with zero attached hydrogens (tertiary/aromatic N) is 2. The van der Waals surface area contributed by atoms with E-state index in [1.807, 2.05) is 0 Å². The normalized spacial score (nSPS) is 24.9. The van der Waals surface area contributed by atoms with E-state index in [0.717, 1.165) is 26.2 Å². The van der Waals surface area contributed by atoms with Crippen LogP contribution in [0.15, 0.2) is 0 Å². The van der Waals surface area contributed by atoms with Gasteiger partial charge in [0.05, 0.1) is 12.7 Å². The molecule has 2 heterocycles. The van der Waals surface area contributed by atoms with Gasteiger partial charge in [0, 0.05) is 25.2 Å². The van der Waals surface area contributed by atoms with Gasteiger partial charge in [-0.3, -0.25) is 4.90 Å². The minimum absolute atomic E-state index is 0.312. The van der Waals surface area contributed by atoms with Gasteiger partial charge in [0.1, 0.15) is 0 Å². The van der Waals surface area contributed by atoms with Gasteiger partial charge < -0.3 is 9.64 Å². The predicted octanol–water partition coefficient (Wildman–Crippen LogP) is 1.97. The molecule has 3 heteroatoms. The van der Waals surface area contributed by atoms with Crippen molar-refractivity contribution in [2.24, 2.45) is 0 Å². The zero-order chi connectivity index (χ0) is 12.3. The summed E-state index contributed by atoms with van der Waals surface area (Å²) >= 11 is 0. The van der Waals surface area contributed by atoms with Crippen molar-refractivity contribution in [2.75, 3.05) is 39.3 Å². The van der Waals surface area contributed by atoms with E-state index in [4.69, 9.17) is 4.74 Å². The maximum absolute atomic E-state index is 5.92. The molecule has 0 spiro atoms. The number of hydrogen-bond acceptors (Lipinski definition) is 3. The van der Waals surface area contributed by atoms with E-state index in [-0.39, 0.29) is 0 Å². The minimum Gasteiger partial charge on any atom is -0.374 e. The highest BCUT2D eigenvalue weighted by Crippen LogP contribution is 2.22. The summed E-state index contributed by atoms with van der Waals surface area (Å²) in [5.74, 6) is 0. The third-order valence-corrected chi connectivity index (χ3v) is 4.01. The molecular weight excluding hydrogens is 212 g/mol. The molecule has 0 aromatic rings. The minimum atomic E-state index is 0.312. The molecule has 0 atom stereocenters. The molecule has 2 aliphatic rings. The first kappa shape index (κ1) is 13.3. The lowest BCUT2D eigenvalue weighted by Gasteiger charge is -2.47. The van der Waals surface area contributed by atoms with E-state index >= 15 is 0 Å². The molecule has 0 unspecified atom stereocenters. The SMILES string of the molecule is CC(C)(C)N1CC(OCCN2CCCCC2)C1. The number of rotatable bonds is 4. The van der Waals surface area contributed by atoms with Crippen LogP contribution in [0.1, 0.15) is 40.0 Å². The molecule has 2 saturated heterocycles. The van der Waals surface area contributed by atoms with Crippen LogP contribution in [0.25, 0.3) is 0 Å². The number of piperidine rings is 1. The second-order valence-electron chi connectivity index (χ2n) is 6.47. The fourth-order valence-electron chi connectivity index (χ4n) is 2.62. The van der Waals surface area contributed by atoms with Crippen molar-refractivity contribution in [3.05, 3.63) is 0 Å². The molecule has 2 fully saturated rings. The first-order valence-corrected chi connectivity index (χ1v) is 7.15. The predicted molar refractivity (Wildman–Crippen MR) is 71.4 cm³/mol. The van der Waals surface area contributed by atoms with Crippen molar-refractivity contribution in [1.82, 2.24) is 9.80 Å². The zero-order valence-corrected chi connectivity index (χ0v) is 11.7. The summed E-state index contributed by atoms with van der Waals surface area (Å²) in [6.45, 7) is 13.7. The highest BCUT2D eigenvalue weighted by atomic mass is 16.5. The standard InChI is InChI=1S/C14H28N2O/c1-14(2,3)16-11-13(12-16)17-10-9-15-7-5-4-6-8-15/h13H,4-12H2,1-3H3. The van der Waals surface area contributed by atoms with Crippen molar-refractivity contribution in [3.8, 4) is 0 Å². The van der Waals surface area contributed by atoms with E-state index < -0.39 is 0 Å². The Kier molecular flexibility index (Phi) is 4.45. The first-order chi connectivity index (χ1) is 8.05. The molecular formula is C14H28N2O. The fourth-order valence-corrected chi connectivity index (χ4v) is 2.62. The highest BCUT2D eigenvalue weighted by Gasteiger charge is 2.34. The van der Waals surface area contributed by atoms with Gasteiger partial charge in [-0.25, -0.2) is 0 Å². The van der Waals surface area contributed by atoms with Crippen LogP contribution >= 0.6 is 0 Å². The van der Waals surface area contributed by atoms with Gasteiger partial charge in [-0.1, -0.05) is 6.42 Å².